The highest BCUT2D eigenvalue weighted by Crippen LogP contribution is 2.47. The van der Waals surface area contributed by atoms with Crippen LogP contribution in [0.3, 0.4) is 0 Å². The number of benzene rings is 1. The van der Waals surface area contributed by atoms with E-state index < -0.39 is 6.10 Å². The zero-order valence-electron chi connectivity index (χ0n) is 12.6. The highest BCUT2D eigenvalue weighted by molar-refractivity contribution is 14.1. The third kappa shape index (κ3) is 2.59. The maximum absolute atomic E-state index is 12.3. The molecule has 0 spiro atoms. The largest absolute Gasteiger partial charge is 0.448 e. The Morgan fingerprint density at radius 3 is 2.62 bits per heavy atom. The molecule has 1 saturated heterocycles. The van der Waals surface area contributed by atoms with Crippen LogP contribution in [0.1, 0.15) is 32.5 Å². The first-order valence-corrected chi connectivity index (χ1v) is 9.44. The van der Waals surface area contributed by atoms with Gasteiger partial charge in [-0.2, -0.15) is 5.26 Å². The molecule has 0 aliphatic carbocycles. The van der Waals surface area contributed by atoms with Crippen LogP contribution in [0.2, 0.25) is 0 Å². The summed E-state index contributed by atoms with van der Waals surface area (Å²) in [7, 11) is 0. The van der Waals surface area contributed by atoms with E-state index in [2.05, 4.69) is 33.6 Å². The van der Waals surface area contributed by atoms with E-state index in [9.17, 15) is 10.1 Å². The maximum atomic E-state index is 12.3. The quantitative estimate of drug-likeness (QED) is 0.517. The van der Waals surface area contributed by atoms with Gasteiger partial charge in [-0.25, -0.2) is 4.79 Å². The van der Waals surface area contributed by atoms with E-state index in [0.29, 0.717) is 23.7 Å². The van der Waals surface area contributed by atoms with Gasteiger partial charge in [0.2, 0.25) is 0 Å². The fourth-order valence-corrected chi connectivity index (χ4v) is 4.59. The summed E-state index contributed by atoms with van der Waals surface area (Å²) in [6.07, 6.45) is -0.495. The number of ether oxygens (including phenoxy) is 2. The molecule has 3 heterocycles. The molecule has 1 aromatic heterocycles. The highest BCUT2D eigenvalue weighted by atomic mass is 127. The number of hydrogen-bond acceptors (Lipinski definition) is 6. The Labute approximate surface area is 156 Å². The van der Waals surface area contributed by atoms with Crippen LogP contribution in [0.4, 0.5) is 5.00 Å². The molecule has 1 unspecified atom stereocenters. The Bertz CT molecular complexity index is 835. The fourth-order valence-electron chi connectivity index (χ4n) is 3.02. The van der Waals surface area contributed by atoms with Crippen LogP contribution in [-0.4, -0.2) is 32.3 Å². The molecular formula is C17H13IN2O3S. The number of morpholine rings is 1. The SMILES string of the molecule is N#Cc1c(N2CCOCC2)sc2c1C(c1ccc(I)cc1)OC2=O. The molecule has 1 atom stereocenters. The number of carbonyl (C=O) groups is 1. The van der Waals surface area contributed by atoms with Crippen molar-refractivity contribution in [2.24, 2.45) is 0 Å². The highest BCUT2D eigenvalue weighted by Gasteiger charge is 2.39. The summed E-state index contributed by atoms with van der Waals surface area (Å²) in [5.74, 6) is -0.338. The molecule has 2 aliphatic rings. The predicted molar refractivity (Wildman–Crippen MR) is 98.5 cm³/mol. The number of nitriles is 1. The van der Waals surface area contributed by atoms with Gasteiger partial charge in [-0.05, 0) is 40.3 Å². The minimum Gasteiger partial charge on any atom is -0.448 e. The Balaban J connectivity index is 1.80. The zero-order valence-corrected chi connectivity index (χ0v) is 15.6. The van der Waals surface area contributed by atoms with Crippen LogP contribution in [0.5, 0.6) is 0 Å². The minimum absolute atomic E-state index is 0.338. The van der Waals surface area contributed by atoms with Gasteiger partial charge in [-0.15, -0.1) is 11.3 Å². The molecule has 7 heteroatoms. The van der Waals surface area contributed by atoms with Gasteiger partial charge >= 0.3 is 5.97 Å². The summed E-state index contributed by atoms with van der Waals surface area (Å²) in [4.78, 5) is 15.0. The average Bonchev–Trinajstić information content (AvgIpc) is 3.14. The number of anilines is 1. The summed E-state index contributed by atoms with van der Waals surface area (Å²) in [6, 6.07) is 10.1. The van der Waals surface area contributed by atoms with Crippen LogP contribution in [0.15, 0.2) is 24.3 Å². The first-order chi connectivity index (χ1) is 11.7. The lowest BCUT2D eigenvalue weighted by Crippen LogP contribution is -2.36. The Morgan fingerprint density at radius 1 is 1.25 bits per heavy atom. The molecule has 5 nitrogen and oxygen atoms in total. The fraction of sp³-hybridized carbons (Fsp3) is 0.294. The van der Waals surface area contributed by atoms with Crippen molar-refractivity contribution in [1.82, 2.24) is 0 Å². The van der Waals surface area contributed by atoms with Gasteiger partial charge in [0.05, 0.1) is 18.8 Å². The second kappa shape index (κ2) is 6.35. The normalized spacial score (nSPS) is 19.8. The lowest BCUT2D eigenvalue weighted by Gasteiger charge is -2.28. The van der Waals surface area contributed by atoms with E-state index >= 15 is 0 Å². The first kappa shape index (κ1) is 15.9. The van der Waals surface area contributed by atoms with Gasteiger partial charge in [-0.1, -0.05) is 12.1 Å². The third-order valence-corrected chi connectivity index (χ3v) is 6.15. The van der Waals surface area contributed by atoms with Crippen LogP contribution >= 0.6 is 33.9 Å². The maximum Gasteiger partial charge on any atom is 0.349 e. The van der Waals surface area contributed by atoms with Crippen molar-refractivity contribution in [2.75, 3.05) is 31.2 Å². The number of halogens is 1. The van der Waals surface area contributed by atoms with Crippen molar-refractivity contribution in [2.45, 2.75) is 6.10 Å². The van der Waals surface area contributed by atoms with Gasteiger partial charge in [0, 0.05) is 22.2 Å². The van der Waals surface area contributed by atoms with Crippen molar-refractivity contribution in [3.8, 4) is 6.07 Å². The number of fused-ring (bicyclic) bond motifs is 1. The smallest absolute Gasteiger partial charge is 0.349 e. The second-order valence-corrected chi connectivity index (χ2v) is 7.82. The molecule has 2 aliphatic heterocycles. The van der Waals surface area contributed by atoms with Crippen molar-refractivity contribution in [3.05, 3.63) is 49.4 Å². The summed E-state index contributed by atoms with van der Waals surface area (Å²) in [5.41, 5.74) is 2.17. The number of nitrogens with zero attached hydrogens (tertiary/aromatic N) is 2. The summed E-state index contributed by atoms with van der Waals surface area (Å²) < 4.78 is 12.1. The third-order valence-electron chi connectivity index (χ3n) is 4.18. The van der Waals surface area contributed by atoms with Crippen molar-refractivity contribution in [3.63, 3.8) is 0 Å². The van der Waals surface area contributed by atoms with E-state index in [1.165, 1.54) is 11.3 Å². The van der Waals surface area contributed by atoms with Gasteiger partial charge in [0.25, 0.3) is 0 Å². The molecular weight excluding hydrogens is 439 g/mol. The molecule has 4 rings (SSSR count). The van der Waals surface area contributed by atoms with Gasteiger partial charge < -0.3 is 14.4 Å². The van der Waals surface area contributed by atoms with E-state index in [4.69, 9.17) is 9.47 Å². The average molecular weight is 452 g/mol. The summed E-state index contributed by atoms with van der Waals surface area (Å²) >= 11 is 3.60. The molecule has 0 amide bonds. The molecule has 24 heavy (non-hydrogen) atoms. The standard InChI is InChI=1S/C17H13IN2O3S/c18-11-3-1-10(2-4-11)14-13-12(9-19)16(20-5-7-22-8-6-20)24-15(13)17(21)23-14/h1-4,14H,5-8H2. The van der Waals surface area contributed by atoms with Crippen molar-refractivity contribution in [1.29, 1.82) is 5.26 Å². The molecule has 122 valence electrons. The van der Waals surface area contributed by atoms with Crippen LogP contribution in [-0.2, 0) is 9.47 Å². The van der Waals surface area contributed by atoms with Gasteiger partial charge in [0.15, 0.2) is 6.10 Å². The number of rotatable bonds is 2. The molecule has 0 saturated carbocycles. The Morgan fingerprint density at radius 2 is 1.96 bits per heavy atom. The number of thiophene rings is 1. The summed E-state index contributed by atoms with van der Waals surface area (Å²) in [5, 5.41) is 10.6. The van der Waals surface area contributed by atoms with E-state index in [1.807, 2.05) is 24.3 Å². The molecule has 2 aromatic rings. The molecule has 1 aromatic carbocycles. The number of carbonyl (C=O) groups excluding carboxylic acids is 1. The molecule has 0 bridgehead atoms. The minimum atomic E-state index is -0.495. The van der Waals surface area contributed by atoms with Crippen LogP contribution < -0.4 is 4.90 Å². The van der Waals surface area contributed by atoms with E-state index in [0.717, 1.165) is 32.8 Å². The molecule has 1 fully saturated rings. The second-order valence-electron chi connectivity index (χ2n) is 5.57. The topological polar surface area (TPSA) is 62.6 Å². The Kier molecular flexibility index (Phi) is 4.20. The number of cyclic esters (lactones) is 1. The lowest BCUT2D eigenvalue weighted by atomic mass is 10.00. The van der Waals surface area contributed by atoms with Crippen LogP contribution in [0.25, 0.3) is 0 Å². The van der Waals surface area contributed by atoms with Gasteiger partial charge in [0.1, 0.15) is 15.9 Å². The predicted octanol–water partition coefficient (Wildman–Crippen LogP) is 3.32. The van der Waals surface area contributed by atoms with Crippen molar-refractivity contribution < 1.29 is 14.3 Å². The Hall–Kier alpha value is -1.63. The first-order valence-electron chi connectivity index (χ1n) is 7.55. The monoisotopic (exact) mass is 452 g/mol. The number of hydrogen-bond donors (Lipinski definition) is 0. The van der Waals surface area contributed by atoms with Crippen molar-refractivity contribution >= 4 is 44.9 Å². The van der Waals surface area contributed by atoms with E-state index in [-0.39, 0.29) is 5.97 Å². The van der Waals surface area contributed by atoms with Crippen LogP contribution in [0, 0.1) is 14.9 Å². The molecule has 0 N–H and O–H groups in total. The summed E-state index contributed by atoms with van der Waals surface area (Å²) in [6.45, 7) is 2.74. The van der Waals surface area contributed by atoms with Gasteiger partial charge in [-0.3, -0.25) is 0 Å². The van der Waals surface area contributed by atoms with E-state index in [1.54, 1.807) is 0 Å². The molecule has 0 radical (unpaired) electrons. The lowest BCUT2D eigenvalue weighted by molar-refractivity contribution is 0.0458. The number of esters is 1. The zero-order chi connectivity index (χ0) is 16.7.